The summed E-state index contributed by atoms with van der Waals surface area (Å²) in [5, 5.41) is 0. The zero-order valence-corrected chi connectivity index (χ0v) is 23.4. The van der Waals surface area contributed by atoms with Gasteiger partial charge in [-0.1, -0.05) is 0 Å². The SMILES string of the molecule is COc1ccc(OC)c(C(=O)N2CCOc3c(cc(-c4ccc(C)s4)cc3OCC3CCCN(C)C3)C2)c1. The number of fused-ring (bicyclic) bond motifs is 1. The maximum absolute atomic E-state index is 13.7. The summed E-state index contributed by atoms with van der Waals surface area (Å²) in [6.07, 6.45) is 2.36. The number of rotatable bonds is 7. The Bertz CT molecular complexity index is 1290. The van der Waals surface area contributed by atoms with Crippen LogP contribution in [0.1, 0.15) is 33.6 Å². The molecule has 1 aromatic heterocycles. The summed E-state index contributed by atoms with van der Waals surface area (Å²) >= 11 is 1.75. The van der Waals surface area contributed by atoms with Crippen LogP contribution in [0.15, 0.2) is 42.5 Å². The fourth-order valence-electron chi connectivity index (χ4n) is 5.26. The number of piperidine rings is 1. The Morgan fingerprint density at radius 3 is 2.68 bits per heavy atom. The summed E-state index contributed by atoms with van der Waals surface area (Å²) < 4.78 is 23.6. The van der Waals surface area contributed by atoms with E-state index in [1.165, 1.54) is 22.6 Å². The first-order valence-corrected chi connectivity index (χ1v) is 14.0. The van der Waals surface area contributed by atoms with Crippen LogP contribution in [0.25, 0.3) is 10.4 Å². The minimum atomic E-state index is -0.123. The molecule has 8 heteroatoms. The summed E-state index contributed by atoms with van der Waals surface area (Å²) in [6.45, 7) is 6.19. The number of nitrogens with zero attached hydrogens (tertiary/aromatic N) is 2. The molecule has 1 unspecified atom stereocenters. The van der Waals surface area contributed by atoms with E-state index in [9.17, 15) is 4.79 Å². The number of carbonyl (C=O) groups is 1. The van der Waals surface area contributed by atoms with Crippen molar-refractivity contribution in [1.29, 1.82) is 0 Å². The first kappa shape index (κ1) is 26.4. The zero-order valence-electron chi connectivity index (χ0n) is 22.6. The third-order valence-corrected chi connectivity index (χ3v) is 8.30. The largest absolute Gasteiger partial charge is 0.497 e. The number of amides is 1. The third-order valence-electron chi connectivity index (χ3n) is 7.25. The number of aryl methyl sites for hydroxylation is 1. The number of hydrogen-bond donors (Lipinski definition) is 0. The lowest BCUT2D eigenvalue weighted by Crippen LogP contribution is -2.34. The zero-order chi connectivity index (χ0) is 26.6. The molecule has 38 heavy (non-hydrogen) atoms. The van der Waals surface area contributed by atoms with E-state index in [0.717, 1.165) is 35.7 Å². The van der Waals surface area contributed by atoms with Gasteiger partial charge in [0.25, 0.3) is 5.91 Å². The molecule has 0 spiro atoms. The molecule has 1 atom stereocenters. The highest BCUT2D eigenvalue weighted by Crippen LogP contribution is 2.41. The van der Waals surface area contributed by atoms with E-state index >= 15 is 0 Å². The number of hydrogen-bond acceptors (Lipinski definition) is 7. The summed E-state index contributed by atoms with van der Waals surface area (Å²) in [7, 11) is 5.33. The van der Waals surface area contributed by atoms with Gasteiger partial charge in [0.05, 0.1) is 32.9 Å². The van der Waals surface area contributed by atoms with Crippen LogP contribution in [0.5, 0.6) is 23.0 Å². The smallest absolute Gasteiger partial charge is 0.258 e. The second-order valence-corrected chi connectivity index (χ2v) is 11.4. The summed E-state index contributed by atoms with van der Waals surface area (Å²) in [6, 6.07) is 13.8. The minimum absolute atomic E-state index is 0.123. The van der Waals surface area contributed by atoms with Crippen LogP contribution < -0.4 is 18.9 Å². The number of likely N-dealkylation sites (tertiary alicyclic amines) is 1. The van der Waals surface area contributed by atoms with Gasteiger partial charge in [-0.2, -0.15) is 0 Å². The van der Waals surface area contributed by atoms with Crippen LogP contribution in [0, 0.1) is 12.8 Å². The van der Waals surface area contributed by atoms with Gasteiger partial charge in [0.2, 0.25) is 0 Å². The molecule has 0 saturated carbocycles. The van der Waals surface area contributed by atoms with E-state index in [1.54, 1.807) is 43.8 Å². The normalized spacial score (nSPS) is 17.8. The molecule has 5 rings (SSSR count). The van der Waals surface area contributed by atoms with Gasteiger partial charge in [-0.15, -0.1) is 11.3 Å². The number of benzene rings is 2. The van der Waals surface area contributed by atoms with Crippen LogP contribution in [-0.4, -0.2) is 69.8 Å². The fourth-order valence-corrected chi connectivity index (χ4v) is 6.12. The molecule has 202 valence electrons. The molecule has 3 heterocycles. The van der Waals surface area contributed by atoms with E-state index in [-0.39, 0.29) is 5.91 Å². The Labute approximate surface area is 228 Å². The van der Waals surface area contributed by atoms with Crippen LogP contribution in [0.4, 0.5) is 0 Å². The topological polar surface area (TPSA) is 60.5 Å². The number of thiophene rings is 1. The van der Waals surface area contributed by atoms with Crippen molar-refractivity contribution in [3.63, 3.8) is 0 Å². The first-order valence-electron chi connectivity index (χ1n) is 13.1. The second kappa shape index (κ2) is 11.7. The highest BCUT2D eigenvalue weighted by molar-refractivity contribution is 7.15. The molecule has 0 N–H and O–H groups in total. The van der Waals surface area contributed by atoms with E-state index in [0.29, 0.717) is 49.3 Å². The van der Waals surface area contributed by atoms with E-state index < -0.39 is 0 Å². The quantitative estimate of drug-likeness (QED) is 0.398. The highest BCUT2D eigenvalue weighted by atomic mass is 32.1. The minimum Gasteiger partial charge on any atom is -0.497 e. The van der Waals surface area contributed by atoms with Gasteiger partial charge in [0.15, 0.2) is 11.5 Å². The first-order chi connectivity index (χ1) is 18.4. The van der Waals surface area contributed by atoms with Gasteiger partial charge in [0.1, 0.15) is 18.1 Å². The van der Waals surface area contributed by atoms with Gasteiger partial charge < -0.3 is 28.7 Å². The van der Waals surface area contributed by atoms with Crippen molar-refractivity contribution in [2.75, 3.05) is 54.1 Å². The molecule has 7 nitrogen and oxygen atoms in total. The summed E-state index contributed by atoms with van der Waals surface area (Å²) in [5.41, 5.74) is 2.49. The van der Waals surface area contributed by atoms with Crippen molar-refractivity contribution in [2.24, 2.45) is 5.92 Å². The van der Waals surface area contributed by atoms with Gasteiger partial charge in [-0.25, -0.2) is 0 Å². The maximum Gasteiger partial charge on any atom is 0.258 e. The Kier molecular flexibility index (Phi) is 8.09. The Morgan fingerprint density at radius 1 is 1.08 bits per heavy atom. The van der Waals surface area contributed by atoms with E-state index in [1.807, 2.05) is 4.90 Å². The fraction of sp³-hybridized carbons (Fsp3) is 0.433. The van der Waals surface area contributed by atoms with Crippen molar-refractivity contribution >= 4 is 17.2 Å². The summed E-state index contributed by atoms with van der Waals surface area (Å²) in [4.78, 5) is 20.3. The lowest BCUT2D eigenvalue weighted by atomic mass is 9.99. The van der Waals surface area contributed by atoms with Gasteiger partial charge >= 0.3 is 0 Å². The van der Waals surface area contributed by atoms with Crippen LogP contribution in [0.3, 0.4) is 0 Å². The molecule has 3 aromatic rings. The van der Waals surface area contributed by atoms with Crippen molar-refractivity contribution in [1.82, 2.24) is 9.80 Å². The molecule has 2 aromatic carbocycles. The average molecular weight is 537 g/mol. The van der Waals surface area contributed by atoms with E-state index in [2.05, 4.69) is 43.1 Å². The van der Waals surface area contributed by atoms with Gasteiger partial charge in [-0.05, 0) is 81.4 Å². The molecule has 2 aliphatic rings. The Hall–Kier alpha value is -3.23. The monoisotopic (exact) mass is 536 g/mol. The Morgan fingerprint density at radius 2 is 1.95 bits per heavy atom. The van der Waals surface area contributed by atoms with E-state index in [4.69, 9.17) is 18.9 Å². The molecule has 2 aliphatic heterocycles. The van der Waals surface area contributed by atoms with Crippen molar-refractivity contribution < 1.29 is 23.7 Å². The number of carbonyl (C=O) groups excluding carboxylic acids is 1. The molecule has 0 bridgehead atoms. The maximum atomic E-state index is 13.7. The lowest BCUT2D eigenvalue weighted by molar-refractivity contribution is 0.0729. The standard InChI is InChI=1S/C30H36N2O5S/c1-20-7-10-28(38-20)22-14-23-18-32(30(33)25-16-24(34-3)8-9-26(25)35-4)12-13-36-29(23)27(15-22)37-19-21-6-5-11-31(2)17-21/h7-10,14-16,21H,5-6,11-13,17-19H2,1-4H3. The van der Waals surface area contributed by atoms with Gasteiger partial charge in [0, 0.05) is 34.3 Å². The average Bonchev–Trinajstić information content (AvgIpc) is 3.25. The molecule has 1 amide bonds. The predicted octanol–water partition coefficient (Wildman–Crippen LogP) is 5.50. The third kappa shape index (κ3) is 5.76. The predicted molar refractivity (Wildman–Crippen MR) is 150 cm³/mol. The van der Waals surface area contributed by atoms with Crippen LogP contribution in [0.2, 0.25) is 0 Å². The lowest BCUT2D eigenvalue weighted by Gasteiger charge is -2.29. The second-order valence-electron chi connectivity index (χ2n) is 10.1. The molecule has 1 saturated heterocycles. The molecule has 0 aliphatic carbocycles. The molecular formula is C30H36N2O5S. The molecule has 1 fully saturated rings. The summed E-state index contributed by atoms with van der Waals surface area (Å²) in [5.74, 6) is 2.98. The van der Waals surface area contributed by atoms with Crippen LogP contribution in [-0.2, 0) is 6.54 Å². The van der Waals surface area contributed by atoms with Crippen molar-refractivity contribution in [3.8, 4) is 33.4 Å². The van der Waals surface area contributed by atoms with Crippen LogP contribution >= 0.6 is 11.3 Å². The molecule has 0 radical (unpaired) electrons. The van der Waals surface area contributed by atoms with Crippen molar-refractivity contribution in [2.45, 2.75) is 26.3 Å². The van der Waals surface area contributed by atoms with Crippen molar-refractivity contribution in [3.05, 3.63) is 58.5 Å². The number of ether oxygens (including phenoxy) is 4. The van der Waals surface area contributed by atoms with Gasteiger partial charge in [-0.3, -0.25) is 4.79 Å². The Balaban J connectivity index is 1.47. The number of methoxy groups -OCH3 is 2. The highest BCUT2D eigenvalue weighted by Gasteiger charge is 2.27. The molecular weight excluding hydrogens is 500 g/mol.